The molecule has 0 aromatic heterocycles. The number of amides is 1. The fraction of sp³-hybridized carbons (Fsp3) is 0.458. The molecule has 1 saturated heterocycles. The van der Waals surface area contributed by atoms with Gasteiger partial charge in [0.2, 0.25) is 0 Å². The van der Waals surface area contributed by atoms with Gasteiger partial charge >= 0.3 is 0 Å². The van der Waals surface area contributed by atoms with Crippen LogP contribution in [0.3, 0.4) is 0 Å². The van der Waals surface area contributed by atoms with Gasteiger partial charge in [-0.2, -0.15) is 0 Å². The highest BCUT2D eigenvalue weighted by molar-refractivity contribution is 5.94. The van der Waals surface area contributed by atoms with Gasteiger partial charge in [-0.1, -0.05) is 30.3 Å². The molecule has 3 rings (SSSR count). The first-order chi connectivity index (χ1) is 13.1. The highest BCUT2D eigenvalue weighted by Gasteiger charge is 2.24. The maximum absolute atomic E-state index is 12.9. The first kappa shape index (κ1) is 19.6. The van der Waals surface area contributed by atoms with Crippen LogP contribution in [0.5, 0.6) is 0 Å². The zero-order chi connectivity index (χ0) is 19.2. The quantitative estimate of drug-likeness (QED) is 0.654. The lowest BCUT2D eigenvalue weighted by molar-refractivity contribution is 0.0660. The summed E-state index contributed by atoms with van der Waals surface area (Å²) in [6.45, 7) is 6.82. The number of carbonyl (C=O) groups excluding carboxylic acids is 1. The molecule has 0 saturated carbocycles. The summed E-state index contributed by atoms with van der Waals surface area (Å²) in [7, 11) is 1.75. The molecule has 1 heterocycles. The normalized spacial score (nSPS) is 17.1. The number of methoxy groups -OCH3 is 1. The molecule has 1 amide bonds. The molecule has 0 radical (unpaired) electrons. The van der Waals surface area contributed by atoms with Crippen LogP contribution < -0.4 is 0 Å². The zero-order valence-corrected chi connectivity index (χ0v) is 16.8. The maximum Gasteiger partial charge on any atom is 0.253 e. The Kier molecular flexibility index (Phi) is 6.68. The van der Waals surface area contributed by atoms with Crippen molar-refractivity contribution in [2.75, 3.05) is 26.8 Å². The molecule has 0 N–H and O–H groups in total. The number of carbonyl (C=O) groups is 1. The van der Waals surface area contributed by atoms with E-state index in [-0.39, 0.29) is 5.91 Å². The Labute approximate surface area is 163 Å². The molecule has 3 nitrogen and oxygen atoms in total. The average Bonchev–Trinajstić information content (AvgIpc) is 2.70. The standard InChI is InChI=1S/C24H31NO2/c1-18-8-9-23(16-19(18)2)21-10-12-22(13-11-21)24(26)25-14-4-6-20(17-25)7-5-15-27-3/h8-13,16,20H,4-7,14-15,17H2,1-3H3/t20-/m0/s1. The van der Waals surface area contributed by atoms with Crippen LogP contribution in [0.2, 0.25) is 0 Å². The van der Waals surface area contributed by atoms with Gasteiger partial charge < -0.3 is 9.64 Å². The predicted molar refractivity (Wildman–Crippen MR) is 111 cm³/mol. The summed E-state index contributed by atoms with van der Waals surface area (Å²) >= 11 is 0. The van der Waals surface area contributed by atoms with Crippen molar-refractivity contribution in [2.45, 2.75) is 39.5 Å². The maximum atomic E-state index is 12.9. The zero-order valence-electron chi connectivity index (χ0n) is 16.8. The number of benzene rings is 2. The largest absolute Gasteiger partial charge is 0.385 e. The molecule has 0 aliphatic carbocycles. The number of aryl methyl sites for hydroxylation is 2. The monoisotopic (exact) mass is 365 g/mol. The number of piperidine rings is 1. The number of likely N-dealkylation sites (tertiary alicyclic amines) is 1. The third kappa shape index (κ3) is 4.98. The molecule has 1 fully saturated rings. The Hall–Kier alpha value is -2.13. The number of hydrogen-bond donors (Lipinski definition) is 0. The van der Waals surface area contributed by atoms with Crippen LogP contribution in [0.1, 0.15) is 47.2 Å². The van der Waals surface area contributed by atoms with Crippen molar-refractivity contribution in [3.05, 3.63) is 59.2 Å². The molecular weight excluding hydrogens is 334 g/mol. The molecule has 27 heavy (non-hydrogen) atoms. The molecule has 0 spiro atoms. The van der Waals surface area contributed by atoms with Gasteiger partial charge in [0.1, 0.15) is 0 Å². The Bertz CT molecular complexity index is 766. The average molecular weight is 366 g/mol. The predicted octanol–water partition coefficient (Wildman–Crippen LogP) is 5.25. The smallest absolute Gasteiger partial charge is 0.253 e. The van der Waals surface area contributed by atoms with Crippen LogP contribution in [0.15, 0.2) is 42.5 Å². The van der Waals surface area contributed by atoms with E-state index in [4.69, 9.17) is 4.74 Å². The minimum absolute atomic E-state index is 0.165. The highest BCUT2D eigenvalue weighted by atomic mass is 16.5. The van der Waals surface area contributed by atoms with Gasteiger partial charge in [0.05, 0.1) is 0 Å². The van der Waals surface area contributed by atoms with E-state index in [1.807, 2.05) is 17.0 Å². The van der Waals surface area contributed by atoms with Gasteiger partial charge in [-0.25, -0.2) is 0 Å². The number of rotatable bonds is 6. The molecule has 1 aliphatic rings. The SMILES string of the molecule is COCCC[C@@H]1CCCN(C(=O)c2ccc(-c3ccc(C)c(C)c3)cc2)C1. The lowest BCUT2D eigenvalue weighted by Crippen LogP contribution is -2.40. The van der Waals surface area contributed by atoms with E-state index in [0.29, 0.717) is 5.92 Å². The fourth-order valence-electron chi connectivity index (χ4n) is 3.91. The second-order valence-electron chi connectivity index (χ2n) is 7.77. The van der Waals surface area contributed by atoms with Gasteiger partial charge in [0.25, 0.3) is 5.91 Å². The third-order valence-corrected chi connectivity index (χ3v) is 5.74. The molecular formula is C24H31NO2. The highest BCUT2D eigenvalue weighted by Crippen LogP contribution is 2.25. The lowest BCUT2D eigenvalue weighted by atomic mass is 9.93. The molecule has 2 aromatic carbocycles. The van der Waals surface area contributed by atoms with Gasteiger partial charge in [-0.15, -0.1) is 0 Å². The van der Waals surface area contributed by atoms with Crippen molar-refractivity contribution < 1.29 is 9.53 Å². The van der Waals surface area contributed by atoms with Crippen molar-refractivity contribution in [3.63, 3.8) is 0 Å². The Morgan fingerprint density at radius 2 is 1.81 bits per heavy atom. The molecule has 1 aliphatic heterocycles. The summed E-state index contributed by atoms with van der Waals surface area (Å²) in [5.74, 6) is 0.769. The summed E-state index contributed by atoms with van der Waals surface area (Å²) in [5.41, 5.74) is 5.75. The minimum atomic E-state index is 0.165. The topological polar surface area (TPSA) is 29.5 Å². The van der Waals surface area contributed by atoms with Crippen molar-refractivity contribution >= 4 is 5.91 Å². The Balaban J connectivity index is 1.65. The third-order valence-electron chi connectivity index (χ3n) is 5.74. The van der Waals surface area contributed by atoms with Gasteiger partial charge in [-0.3, -0.25) is 4.79 Å². The van der Waals surface area contributed by atoms with Crippen LogP contribution in [0.25, 0.3) is 11.1 Å². The van der Waals surface area contributed by atoms with Crippen LogP contribution >= 0.6 is 0 Å². The van der Waals surface area contributed by atoms with Crippen LogP contribution in [-0.4, -0.2) is 37.6 Å². The van der Waals surface area contributed by atoms with E-state index < -0.39 is 0 Å². The summed E-state index contributed by atoms with van der Waals surface area (Å²) in [5, 5.41) is 0. The van der Waals surface area contributed by atoms with Crippen molar-refractivity contribution in [2.24, 2.45) is 5.92 Å². The second-order valence-corrected chi connectivity index (χ2v) is 7.77. The molecule has 3 heteroatoms. The van der Waals surface area contributed by atoms with Crippen molar-refractivity contribution in [3.8, 4) is 11.1 Å². The molecule has 2 aromatic rings. The molecule has 0 unspecified atom stereocenters. The number of nitrogens with zero attached hydrogens (tertiary/aromatic N) is 1. The summed E-state index contributed by atoms with van der Waals surface area (Å²) < 4.78 is 5.16. The first-order valence-electron chi connectivity index (χ1n) is 10.0. The van der Waals surface area contributed by atoms with Crippen LogP contribution in [0, 0.1) is 19.8 Å². The van der Waals surface area contributed by atoms with Gasteiger partial charge in [0, 0.05) is 32.4 Å². The fourth-order valence-corrected chi connectivity index (χ4v) is 3.91. The summed E-state index contributed by atoms with van der Waals surface area (Å²) in [6, 6.07) is 14.6. The molecule has 0 bridgehead atoms. The van der Waals surface area contributed by atoms with E-state index in [0.717, 1.165) is 50.1 Å². The van der Waals surface area contributed by atoms with Gasteiger partial charge in [-0.05, 0) is 79.8 Å². The lowest BCUT2D eigenvalue weighted by Gasteiger charge is -2.33. The van der Waals surface area contributed by atoms with E-state index in [1.54, 1.807) is 7.11 Å². The summed E-state index contributed by atoms with van der Waals surface area (Å²) in [6.07, 6.45) is 4.54. The van der Waals surface area contributed by atoms with Crippen LogP contribution in [-0.2, 0) is 4.74 Å². The number of hydrogen-bond acceptors (Lipinski definition) is 2. The molecule has 1 atom stereocenters. The van der Waals surface area contributed by atoms with Gasteiger partial charge in [0.15, 0.2) is 0 Å². The van der Waals surface area contributed by atoms with Crippen molar-refractivity contribution in [1.82, 2.24) is 4.90 Å². The van der Waals surface area contributed by atoms with E-state index in [1.165, 1.54) is 23.1 Å². The molecule has 144 valence electrons. The summed E-state index contributed by atoms with van der Waals surface area (Å²) in [4.78, 5) is 15.0. The number of ether oxygens (including phenoxy) is 1. The Morgan fingerprint density at radius 3 is 2.52 bits per heavy atom. The van der Waals surface area contributed by atoms with Crippen LogP contribution in [0.4, 0.5) is 0 Å². The van der Waals surface area contributed by atoms with E-state index in [9.17, 15) is 4.79 Å². The second kappa shape index (κ2) is 9.18. The van der Waals surface area contributed by atoms with Crippen molar-refractivity contribution in [1.29, 1.82) is 0 Å². The first-order valence-corrected chi connectivity index (χ1v) is 10.0. The minimum Gasteiger partial charge on any atom is -0.385 e. The Morgan fingerprint density at radius 1 is 1.07 bits per heavy atom. The van der Waals surface area contributed by atoms with E-state index >= 15 is 0 Å². The van der Waals surface area contributed by atoms with E-state index in [2.05, 4.69) is 44.2 Å².